The lowest BCUT2D eigenvalue weighted by Crippen LogP contribution is -2.23. The molecule has 0 aliphatic carbocycles. The van der Waals surface area contributed by atoms with Crippen molar-refractivity contribution in [2.45, 2.75) is 18.9 Å². The van der Waals surface area contributed by atoms with Crippen LogP contribution in [0, 0.1) is 11.3 Å². The summed E-state index contributed by atoms with van der Waals surface area (Å²) in [5.41, 5.74) is 0. The van der Waals surface area contributed by atoms with Crippen LogP contribution in [0.5, 0.6) is 0 Å². The lowest BCUT2D eigenvalue weighted by atomic mass is 10.2. The number of likely N-dealkylation sites (tertiary alicyclic amines) is 1. The van der Waals surface area contributed by atoms with Crippen LogP contribution in [0.3, 0.4) is 0 Å². The van der Waals surface area contributed by atoms with Gasteiger partial charge in [-0.25, -0.2) is 0 Å². The van der Waals surface area contributed by atoms with Crippen molar-refractivity contribution in [1.29, 1.82) is 5.26 Å². The number of hydrogen-bond acceptors (Lipinski definition) is 5. The van der Waals surface area contributed by atoms with Crippen molar-refractivity contribution in [3.8, 4) is 6.07 Å². The maximum absolute atomic E-state index is 8.58. The Morgan fingerprint density at radius 1 is 1.77 bits per heavy atom. The van der Waals surface area contributed by atoms with Crippen LogP contribution in [0.4, 0.5) is 0 Å². The van der Waals surface area contributed by atoms with E-state index in [9.17, 15) is 0 Å². The maximum Gasteiger partial charge on any atom is 0.243 e. The molecule has 1 fully saturated rings. The van der Waals surface area contributed by atoms with Gasteiger partial charge in [0.2, 0.25) is 5.89 Å². The van der Waals surface area contributed by atoms with Crippen molar-refractivity contribution >= 4 is 0 Å². The summed E-state index contributed by atoms with van der Waals surface area (Å²) in [4.78, 5) is 6.06. The molecule has 1 aliphatic heterocycles. The molecule has 1 aromatic rings. The van der Waals surface area contributed by atoms with Crippen molar-refractivity contribution in [2.75, 3.05) is 13.1 Å². The van der Waals surface area contributed by atoms with E-state index in [0.29, 0.717) is 12.4 Å². The lowest BCUT2D eigenvalue weighted by Gasteiger charge is -2.16. The molecule has 2 rings (SSSR count). The minimum absolute atomic E-state index is 0.155. The largest absolute Gasteiger partial charge is 0.338 e. The molecule has 1 atom stereocenters. The first-order valence-corrected chi connectivity index (χ1v) is 4.29. The van der Waals surface area contributed by atoms with Gasteiger partial charge in [0.1, 0.15) is 0 Å². The Kier molecular flexibility index (Phi) is 2.23. The third kappa shape index (κ3) is 1.53. The van der Waals surface area contributed by atoms with Gasteiger partial charge in [0.15, 0.2) is 6.33 Å². The SMILES string of the molecule is N#CCN1CCCC1c1ncno1. The van der Waals surface area contributed by atoms with E-state index in [2.05, 4.69) is 21.1 Å². The van der Waals surface area contributed by atoms with Crippen LogP contribution in [0.2, 0.25) is 0 Å². The standard InChI is InChI=1S/C8H10N4O/c9-3-5-12-4-1-2-7(12)8-10-6-11-13-8/h6-7H,1-2,4-5H2. The van der Waals surface area contributed by atoms with Gasteiger partial charge in [-0.2, -0.15) is 10.2 Å². The molecule has 1 aromatic heterocycles. The molecule has 0 spiro atoms. The molecule has 2 heterocycles. The van der Waals surface area contributed by atoms with Gasteiger partial charge in [0, 0.05) is 6.54 Å². The fourth-order valence-electron chi connectivity index (χ4n) is 1.71. The summed E-state index contributed by atoms with van der Waals surface area (Å²) in [7, 11) is 0. The second-order valence-corrected chi connectivity index (χ2v) is 3.07. The summed E-state index contributed by atoms with van der Waals surface area (Å²) in [6.07, 6.45) is 3.50. The summed E-state index contributed by atoms with van der Waals surface area (Å²) in [5.74, 6) is 0.632. The summed E-state index contributed by atoms with van der Waals surface area (Å²) < 4.78 is 4.98. The van der Waals surface area contributed by atoms with Crippen molar-refractivity contribution in [3.63, 3.8) is 0 Å². The topological polar surface area (TPSA) is 66.0 Å². The van der Waals surface area contributed by atoms with Crippen molar-refractivity contribution < 1.29 is 4.52 Å². The molecule has 13 heavy (non-hydrogen) atoms. The average Bonchev–Trinajstić information content (AvgIpc) is 2.71. The normalized spacial score (nSPS) is 23.2. The summed E-state index contributed by atoms with van der Waals surface area (Å²) in [6.45, 7) is 1.38. The van der Waals surface area contributed by atoms with Crippen LogP contribution >= 0.6 is 0 Å². The first kappa shape index (κ1) is 8.20. The second kappa shape index (κ2) is 3.54. The predicted octanol–water partition coefficient (Wildman–Crippen LogP) is 0.730. The molecule has 1 aliphatic rings. The van der Waals surface area contributed by atoms with Gasteiger partial charge < -0.3 is 4.52 Å². The second-order valence-electron chi connectivity index (χ2n) is 3.07. The Morgan fingerprint density at radius 3 is 3.38 bits per heavy atom. The quantitative estimate of drug-likeness (QED) is 0.624. The Morgan fingerprint density at radius 2 is 2.69 bits per heavy atom. The molecule has 0 amide bonds. The van der Waals surface area contributed by atoms with Crippen LogP contribution in [0.1, 0.15) is 24.8 Å². The minimum Gasteiger partial charge on any atom is -0.338 e. The monoisotopic (exact) mass is 178 g/mol. The molecule has 0 N–H and O–H groups in total. The first-order valence-electron chi connectivity index (χ1n) is 4.29. The Bertz CT molecular complexity index is 302. The number of aromatic nitrogens is 2. The van der Waals surface area contributed by atoms with E-state index in [1.54, 1.807) is 0 Å². The van der Waals surface area contributed by atoms with E-state index in [0.717, 1.165) is 19.4 Å². The highest BCUT2D eigenvalue weighted by molar-refractivity contribution is 4.95. The fourth-order valence-corrected chi connectivity index (χ4v) is 1.71. The summed E-state index contributed by atoms with van der Waals surface area (Å²) in [5, 5.41) is 12.1. The smallest absolute Gasteiger partial charge is 0.243 e. The molecule has 5 heteroatoms. The van der Waals surface area contributed by atoms with Crippen LogP contribution in [0.25, 0.3) is 0 Å². The van der Waals surface area contributed by atoms with Crippen molar-refractivity contribution in [3.05, 3.63) is 12.2 Å². The third-order valence-corrected chi connectivity index (χ3v) is 2.30. The highest BCUT2D eigenvalue weighted by Crippen LogP contribution is 2.29. The van der Waals surface area contributed by atoms with Gasteiger partial charge in [0.25, 0.3) is 0 Å². The zero-order valence-corrected chi connectivity index (χ0v) is 7.18. The number of rotatable bonds is 2. The predicted molar refractivity (Wildman–Crippen MR) is 43.5 cm³/mol. The molecule has 68 valence electrons. The molecule has 1 unspecified atom stereocenters. The Hall–Kier alpha value is -1.41. The van der Waals surface area contributed by atoms with Gasteiger partial charge in [-0.3, -0.25) is 4.90 Å². The van der Waals surface area contributed by atoms with E-state index in [-0.39, 0.29) is 6.04 Å². The van der Waals surface area contributed by atoms with Crippen LogP contribution in [0.15, 0.2) is 10.9 Å². The van der Waals surface area contributed by atoms with Gasteiger partial charge in [-0.1, -0.05) is 5.16 Å². The molecular weight excluding hydrogens is 168 g/mol. The lowest BCUT2D eigenvalue weighted by molar-refractivity contribution is 0.228. The number of hydrogen-bond donors (Lipinski definition) is 0. The van der Waals surface area contributed by atoms with E-state index < -0.39 is 0 Å². The molecule has 5 nitrogen and oxygen atoms in total. The van der Waals surface area contributed by atoms with E-state index in [1.807, 2.05) is 0 Å². The van der Waals surface area contributed by atoms with Crippen molar-refractivity contribution in [2.24, 2.45) is 0 Å². The van der Waals surface area contributed by atoms with Crippen LogP contribution in [-0.2, 0) is 0 Å². The van der Waals surface area contributed by atoms with Crippen LogP contribution in [-0.4, -0.2) is 28.1 Å². The fraction of sp³-hybridized carbons (Fsp3) is 0.625. The van der Waals surface area contributed by atoms with Crippen LogP contribution < -0.4 is 0 Å². The molecule has 0 bridgehead atoms. The average molecular weight is 178 g/mol. The summed E-state index contributed by atoms with van der Waals surface area (Å²) >= 11 is 0. The molecule has 0 saturated carbocycles. The zero-order chi connectivity index (χ0) is 9.10. The Balaban J connectivity index is 2.11. The number of nitrogens with zero attached hydrogens (tertiary/aromatic N) is 4. The minimum atomic E-state index is 0.155. The molecule has 0 aromatic carbocycles. The zero-order valence-electron chi connectivity index (χ0n) is 7.18. The molecular formula is C8H10N4O. The highest BCUT2D eigenvalue weighted by Gasteiger charge is 2.29. The van der Waals surface area contributed by atoms with Gasteiger partial charge in [0.05, 0.1) is 18.7 Å². The molecule has 1 saturated heterocycles. The van der Waals surface area contributed by atoms with E-state index >= 15 is 0 Å². The first-order chi connectivity index (χ1) is 6.42. The van der Waals surface area contributed by atoms with Gasteiger partial charge in [-0.15, -0.1) is 0 Å². The van der Waals surface area contributed by atoms with Gasteiger partial charge >= 0.3 is 0 Å². The van der Waals surface area contributed by atoms with Crippen molar-refractivity contribution in [1.82, 2.24) is 15.0 Å². The van der Waals surface area contributed by atoms with Gasteiger partial charge in [-0.05, 0) is 12.8 Å². The van der Waals surface area contributed by atoms with E-state index in [1.165, 1.54) is 6.33 Å². The molecule has 0 radical (unpaired) electrons. The maximum atomic E-state index is 8.58. The third-order valence-electron chi connectivity index (χ3n) is 2.30. The number of nitriles is 1. The highest BCUT2D eigenvalue weighted by atomic mass is 16.5. The summed E-state index contributed by atoms with van der Waals surface area (Å²) in [6, 6.07) is 2.29. The Labute approximate surface area is 76.0 Å². The van der Waals surface area contributed by atoms with E-state index in [4.69, 9.17) is 9.78 Å².